The fraction of sp³-hybridized carbons (Fsp3) is 0.333. The van der Waals surface area contributed by atoms with Crippen LogP contribution in [0.1, 0.15) is 34.8 Å². The molecule has 0 spiro atoms. The highest BCUT2D eigenvalue weighted by molar-refractivity contribution is 7.11. The first-order valence-corrected chi connectivity index (χ1v) is 7.43. The number of nitrogens with one attached hydrogen (secondary N) is 1. The molecule has 1 aromatic heterocycles. The number of thiazole rings is 1. The zero-order valence-electron chi connectivity index (χ0n) is 11.7. The number of carbonyl (C=O) groups excluding carboxylic acids is 1. The van der Waals surface area contributed by atoms with Crippen LogP contribution in [0.2, 0.25) is 0 Å². The van der Waals surface area contributed by atoms with Crippen molar-refractivity contribution >= 4 is 22.9 Å². The van der Waals surface area contributed by atoms with E-state index in [0.717, 1.165) is 21.1 Å². The number of hydrogen-bond acceptors (Lipinski definition) is 4. The third-order valence-electron chi connectivity index (χ3n) is 3.06. The molecule has 0 bridgehead atoms. The number of benzene rings is 1. The standard InChI is InChI=1S/C15H19N3OS/c1-10-9-17-15(20-10)11(2)18-14(19)8-7-12-5-3-4-6-13(12)16/h3-6,9,11H,7-8,16H2,1-2H3,(H,18,19). The number of hydrogen-bond donors (Lipinski definition) is 2. The second-order valence-corrected chi connectivity index (χ2v) is 6.06. The number of para-hydroxylation sites is 1. The predicted molar refractivity (Wildman–Crippen MR) is 82.6 cm³/mol. The number of aromatic nitrogens is 1. The van der Waals surface area contributed by atoms with Crippen molar-refractivity contribution < 1.29 is 4.79 Å². The Balaban J connectivity index is 1.85. The summed E-state index contributed by atoms with van der Waals surface area (Å²) in [4.78, 5) is 17.4. The van der Waals surface area contributed by atoms with Gasteiger partial charge in [0.2, 0.25) is 5.91 Å². The van der Waals surface area contributed by atoms with Crippen molar-refractivity contribution in [2.75, 3.05) is 5.73 Å². The first-order valence-electron chi connectivity index (χ1n) is 6.61. The molecular formula is C15H19N3OS. The monoisotopic (exact) mass is 289 g/mol. The van der Waals surface area contributed by atoms with Crippen molar-refractivity contribution in [3.8, 4) is 0 Å². The van der Waals surface area contributed by atoms with Crippen molar-refractivity contribution in [2.45, 2.75) is 32.7 Å². The summed E-state index contributed by atoms with van der Waals surface area (Å²) in [7, 11) is 0. The molecule has 20 heavy (non-hydrogen) atoms. The summed E-state index contributed by atoms with van der Waals surface area (Å²) < 4.78 is 0. The van der Waals surface area contributed by atoms with Crippen molar-refractivity contribution in [1.82, 2.24) is 10.3 Å². The van der Waals surface area contributed by atoms with E-state index in [4.69, 9.17) is 5.73 Å². The van der Waals surface area contributed by atoms with Gasteiger partial charge in [0.25, 0.3) is 0 Å². The topological polar surface area (TPSA) is 68.0 Å². The van der Waals surface area contributed by atoms with E-state index in [9.17, 15) is 4.79 Å². The molecule has 2 rings (SSSR count). The van der Waals surface area contributed by atoms with Crippen LogP contribution in [0.3, 0.4) is 0 Å². The van der Waals surface area contributed by atoms with Gasteiger partial charge in [-0.05, 0) is 31.9 Å². The normalized spacial score (nSPS) is 12.1. The average molecular weight is 289 g/mol. The van der Waals surface area contributed by atoms with Crippen LogP contribution in [-0.4, -0.2) is 10.9 Å². The van der Waals surface area contributed by atoms with E-state index in [1.165, 1.54) is 0 Å². The molecule has 4 nitrogen and oxygen atoms in total. The molecule has 5 heteroatoms. The molecule has 3 N–H and O–H groups in total. The predicted octanol–water partition coefficient (Wildman–Crippen LogP) is 2.84. The minimum Gasteiger partial charge on any atom is -0.399 e. The van der Waals surface area contributed by atoms with Gasteiger partial charge in [0, 0.05) is 23.2 Å². The first-order chi connectivity index (χ1) is 9.56. The molecule has 106 valence electrons. The van der Waals surface area contributed by atoms with Crippen LogP contribution in [-0.2, 0) is 11.2 Å². The lowest BCUT2D eigenvalue weighted by atomic mass is 10.1. The Labute approximate surface area is 123 Å². The Kier molecular flexibility index (Phi) is 4.74. The minimum atomic E-state index is -0.0469. The lowest BCUT2D eigenvalue weighted by Crippen LogP contribution is -2.26. The molecule has 0 radical (unpaired) electrons. The highest BCUT2D eigenvalue weighted by atomic mass is 32.1. The first kappa shape index (κ1) is 14.5. The third-order valence-corrected chi connectivity index (χ3v) is 4.16. The number of carbonyl (C=O) groups is 1. The Morgan fingerprint density at radius 1 is 1.45 bits per heavy atom. The van der Waals surface area contributed by atoms with Gasteiger partial charge in [-0.15, -0.1) is 11.3 Å². The molecule has 1 amide bonds. The Bertz CT molecular complexity index is 594. The molecule has 0 aliphatic heterocycles. The van der Waals surface area contributed by atoms with Gasteiger partial charge < -0.3 is 11.1 Å². The summed E-state index contributed by atoms with van der Waals surface area (Å²) in [5, 5.41) is 3.91. The number of nitrogen functional groups attached to an aromatic ring is 1. The average Bonchev–Trinajstić information content (AvgIpc) is 2.84. The smallest absolute Gasteiger partial charge is 0.220 e. The molecule has 1 heterocycles. The van der Waals surface area contributed by atoms with Crippen molar-refractivity contribution in [2.24, 2.45) is 0 Å². The number of nitrogens with two attached hydrogens (primary N) is 1. The van der Waals surface area contributed by atoms with Gasteiger partial charge in [0.1, 0.15) is 5.01 Å². The molecule has 0 saturated heterocycles. The van der Waals surface area contributed by atoms with Crippen LogP contribution in [0.5, 0.6) is 0 Å². The molecule has 1 atom stereocenters. The molecule has 1 aromatic carbocycles. The summed E-state index contributed by atoms with van der Waals surface area (Å²) in [6.07, 6.45) is 2.92. The van der Waals surface area contributed by atoms with E-state index in [2.05, 4.69) is 10.3 Å². The van der Waals surface area contributed by atoms with Gasteiger partial charge in [0.15, 0.2) is 0 Å². The quantitative estimate of drug-likeness (QED) is 0.832. The zero-order chi connectivity index (χ0) is 14.5. The van der Waals surface area contributed by atoms with Crippen LogP contribution in [0.25, 0.3) is 0 Å². The molecule has 2 aromatic rings. The number of rotatable bonds is 5. The van der Waals surface area contributed by atoms with Gasteiger partial charge in [-0.2, -0.15) is 0 Å². The molecule has 0 aliphatic rings. The molecule has 1 unspecified atom stereocenters. The fourth-order valence-corrected chi connectivity index (χ4v) is 2.73. The summed E-state index contributed by atoms with van der Waals surface area (Å²) >= 11 is 1.61. The van der Waals surface area contributed by atoms with E-state index in [1.807, 2.05) is 44.3 Å². The SMILES string of the molecule is Cc1cnc(C(C)NC(=O)CCc2ccccc2N)s1. The highest BCUT2D eigenvalue weighted by Gasteiger charge is 2.12. The molecule has 0 aliphatic carbocycles. The maximum atomic E-state index is 11.9. The Morgan fingerprint density at radius 2 is 2.20 bits per heavy atom. The molecule has 0 fully saturated rings. The number of aryl methyl sites for hydroxylation is 2. The van der Waals surface area contributed by atoms with E-state index < -0.39 is 0 Å². The summed E-state index contributed by atoms with van der Waals surface area (Å²) in [5.41, 5.74) is 7.62. The summed E-state index contributed by atoms with van der Waals surface area (Å²) in [5.74, 6) is 0.0219. The maximum Gasteiger partial charge on any atom is 0.220 e. The van der Waals surface area contributed by atoms with Crippen LogP contribution in [0.4, 0.5) is 5.69 Å². The second kappa shape index (κ2) is 6.52. The third kappa shape index (κ3) is 3.81. The van der Waals surface area contributed by atoms with Crippen molar-refractivity contribution in [1.29, 1.82) is 0 Å². The largest absolute Gasteiger partial charge is 0.399 e. The van der Waals surface area contributed by atoms with Crippen LogP contribution in [0.15, 0.2) is 30.5 Å². The van der Waals surface area contributed by atoms with Crippen LogP contribution >= 0.6 is 11.3 Å². The second-order valence-electron chi connectivity index (χ2n) is 4.80. The van der Waals surface area contributed by atoms with E-state index >= 15 is 0 Å². The van der Waals surface area contributed by atoms with Crippen LogP contribution < -0.4 is 11.1 Å². The fourth-order valence-electron chi connectivity index (χ4n) is 1.96. The van der Waals surface area contributed by atoms with E-state index in [0.29, 0.717) is 12.8 Å². The van der Waals surface area contributed by atoms with Gasteiger partial charge in [-0.1, -0.05) is 18.2 Å². The van der Waals surface area contributed by atoms with Crippen molar-refractivity contribution in [3.05, 3.63) is 45.9 Å². The molecular weight excluding hydrogens is 270 g/mol. The minimum absolute atomic E-state index is 0.0219. The zero-order valence-corrected chi connectivity index (χ0v) is 12.5. The summed E-state index contributed by atoms with van der Waals surface area (Å²) in [6.45, 7) is 3.96. The van der Waals surface area contributed by atoms with Gasteiger partial charge in [0.05, 0.1) is 6.04 Å². The highest BCUT2D eigenvalue weighted by Crippen LogP contribution is 2.19. The summed E-state index contributed by atoms with van der Waals surface area (Å²) in [6, 6.07) is 7.59. The lowest BCUT2D eigenvalue weighted by molar-refractivity contribution is -0.121. The van der Waals surface area contributed by atoms with E-state index in [1.54, 1.807) is 11.3 Å². The number of anilines is 1. The van der Waals surface area contributed by atoms with Crippen LogP contribution in [0, 0.1) is 6.92 Å². The Morgan fingerprint density at radius 3 is 2.85 bits per heavy atom. The van der Waals surface area contributed by atoms with Gasteiger partial charge >= 0.3 is 0 Å². The maximum absolute atomic E-state index is 11.9. The number of amides is 1. The Hall–Kier alpha value is -1.88. The van der Waals surface area contributed by atoms with Gasteiger partial charge in [-0.25, -0.2) is 4.98 Å². The molecule has 0 saturated carbocycles. The lowest BCUT2D eigenvalue weighted by Gasteiger charge is -2.11. The number of nitrogens with zero attached hydrogens (tertiary/aromatic N) is 1. The van der Waals surface area contributed by atoms with E-state index in [-0.39, 0.29) is 11.9 Å². The van der Waals surface area contributed by atoms with Crippen molar-refractivity contribution in [3.63, 3.8) is 0 Å². The van der Waals surface area contributed by atoms with Gasteiger partial charge in [-0.3, -0.25) is 4.79 Å².